The van der Waals surface area contributed by atoms with Crippen LogP contribution in [0.2, 0.25) is 0 Å². The highest BCUT2D eigenvalue weighted by molar-refractivity contribution is 6.32. The number of hydrazone groups is 1. The number of hydrogen-bond donors (Lipinski definition) is 0. The van der Waals surface area contributed by atoms with Crippen LogP contribution in [-0.4, -0.2) is 18.2 Å². The van der Waals surface area contributed by atoms with Gasteiger partial charge in [0.15, 0.2) is 11.5 Å². The van der Waals surface area contributed by atoms with Gasteiger partial charge in [0.05, 0.1) is 23.6 Å². The number of nitrogens with zero attached hydrogens (tertiary/aromatic N) is 2. The Balaban J connectivity index is 1.68. The summed E-state index contributed by atoms with van der Waals surface area (Å²) < 4.78 is 12.2. The first-order chi connectivity index (χ1) is 16.6. The van der Waals surface area contributed by atoms with Crippen LogP contribution in [-0.2, 0) is 17.8 Å². The maximum atomic E-state index is 13.1. The molecule has 0 N–H and O–H groups in total. The molecule has 0 radical (unpaired) electrons. The van der Waals surface area contributed by atoms with Crippen LogP contribution in [0.5, 0.6) is 11.5 Å². The number of benzene rings is 3. The quantitative estimate of drug-likeness (QED) is 0.287. The summed E-state index contributed by atoms with van der Waals surface area (Å²) >= 11 is 0. The molecule has 0 atom stereocenters. The molecule has 0 unspecified atom stereocenters. The van der Waals surface area contributed by atoms with Crippen LogP contribution in [0.3, 0.4) is 0 Å². The second kappa shape index (κ2) is 10.7. The number of carbonyl (C=O) groups is 1. The van der Waals surface area contributed by atoms with Crippen LogP contribution in [0.15, 0.2) is 96.1 Å². The third-order valence-electron chi connectivity index (χ3n) is 5.42. The number of amides is 1. The summed E-state index contributed by atoms with van der Waals surface area (Å²) in [6.07, 6.45) is 4.31. The highest BCUT2D eigenvalue weighted by Gasteiger charge is 2.28. The Morgan fingerprint density at radius 2 is 1.71 bits per heavy atom. The van der Waals surface area contributed by atoms with E-state index in [0.29, 0.717) is 42.4 Å². The van der Waals surface area contributed by atoms with Crippen molar-refractivity contribution in [3.63, 3.8) is 0 Å². The van der Waals surface area contributed by atoms with Gasteiger partial charge in [0.25, 0.3) is 5.91 Å². The fourth-order valence-electron chi connectivity index (χ4n) is 3.83. The zero-order chi connectivity index (χ0) is 23.9. The molecular weight excluding hydrogens is 424 g/mol. The van der Waals surface area contributed by atoms with Crippen molar-refractivity contribution in [1.29, 1.82) is 0 Å². The molecule has 0 bridgehead atoms. The van der Waals surface area contributed by atoms with Crippen LogP contribution in [0.25, 0.3) is 6.08 Å². The maximum absolute atomic E-state index is 13.1. The molecule has 0 fully saturated rings. The number of hydrogen-bond acceptors (Lipinski definition) is 4. The lowest BCUT2D eigenvalue weighted by atomic mass is 10.0. The minimum Gasteiger partial charge on any atom is -0.490 e. The predicted molar refractivity (Wildman–Crippen MR) is 137 cm³/mol. The third kappa shape index (κ3) is 5.09. The Bertz CT molecular complexity index is 1230. The Kier molecular flexibility index (Phi) is 7.23. The lowest BCUT2D eigenvalue weighted by Gasteiger charge is -2.17. The number of rotatable bonds is 9. The molecule has 0 saturated heterocycles. The molecule has 4 rings (SSSR count). The molecule has 0 aliphatic carbocycles. The van der Waals surface area contributed by atoms with E-state index in [4.69, 9.17) is 9.47 Å². The Morgan fingerprint density at radius 1 is 1.00 bits per heavy atom. The van der Waals surface area contributed by atoms with Crippen LogP contribution in [0.1, 0.15) is 30.5 Å². The monoisotopic (exact) mass is 452 g/mol. The fourth-order valence-corrected chi connectivity index (χ4v) is 3.83. The van der Waals surface area contributed by atoms with E-state index in [9.17, 15) is 4.79 Å². The van der Waals surface area contributed by atoms with Crippen molar-refractivity contribution >= 4 is 23.4 Å². The fraction of sp³-hybridized carbons (Fsp3) is 0.172. The zero-order valence-electron chi connectivity index (χ0n) is 19.5. The van der Waals surface area contributed by atoms with Gasteiger partial charge in [-0.1, -0.05) is 54.6 Å². The van der Waals surface area contributed by atoms with E-state index in [0.717, 1.165) is 22.4 Å². The summed E-state index contributed by atoms with van der Waals surface area (Å²) in [6.45, 7) is 8.61. The molecule has 172 valence electrons. The molecule has 0 spiro atoms. The Labute approximate surface area is 200 Å². The van der Waals surface area contributed by atoms with E-state index in [1.54, 1.807) is 0 Å². The predicted octanol–water partition coefficient (Wildman–Crippen LogP) is 6.20. The van der Waals surface area contributed by atoms with Crippen molar-refractivity contribution in [3.8, 4) is 11.5 Å². The molecule has 1 heterocycles. The normalized spacial score (nSPS) is 14.3. The van der Waals surface area contributed by atoms with Crippen molar-refractivity contribution in [3.05, 3.63) is 108 Å². The summed E-state index contributed by atoms with van der Waals surface area (Å²) in [4.78, 5) is 13.1. The van der Waals surface area contributed by atoms with Gasteiger partial charge in [0, 0.05) is 5.56 Å². The molecule has 1 amide bonds. The maximum Gasteiger partial charge on any atom is 0.280 e. The second-order valence-electron chi connectivity index (χ2n) is 7.90. The van der Waals surface area contributed by atoms with Crippen molar-refractivity contribution in [1.82, 2.24) is 0 Å². The molecule has 1 aliphatic heterocycles. The summed E-state index contributed by atoms with van der Waals surface area (Å²) in [5, 5.41) is 5.91. The van der Waals surface area contributed by atoms with Crippen molar-refractivity contribution in [2.45, 2.75) is 26.9 Å². The van der Waals surface area contributed by atoms with Gasteiger partial charge in [0.2, 0.25) is 0 Å². The van der Waals surface area contributed by atoms with Crippen molar-refractivity contribution in [2.75, 3.05) is 11.6 Å². The van der Waals surface area contributed by atoms with Gasteiger partial charge >= 0.3 is 0 Å². The minimum absolute atomic E-state index is 0.156. The summed E-state index contributed by atoms with van der Waals surface area (Å²) in [6, 6.07) is 23.4. The molecule has 5 heteroatoms. The zero-order valence-corrected chi connectivity index (χ0v) is 19.5. The van der Waals surface area contributed by atoms with E-state index in [2.05, 4.69) is 11.7 Å². The van der Waals surface area contributed by atoms with E-state index in [-0.39, 0.29) is 5.91 Å². The summed E-state index contributed by atoms with van der Waals surface area (Å²) in [5.74, 6) is 1.18. The van der Waals surface area contributed by atoms with E-state index < -0.39 is 0 Å². The van der Waals surface area contributed by atoms with Gasteiger partial charge in [-0.05, 0) is 61.7 Å². The number of ether oxygens (including phenoxy) is 2. The first kappa shape index (κ1) is 23.1. The molecule has 3 aromatic rings. The molecule has 5 nitrogen and oxygen atoms in total. The highest BCUT2D eigenvalue weighted by Crippen LogP contribution is 2.36. The average molecular weight is 453 g/mol. The molecule has 34 heavy (non-hydrogen) atoms. The Hall–Kier alpha value is -4.12. The third-order valence-corrected chi connectivity index (χ3v) is 5.42. The smallest absolute Gasteiger partial charge is 0.280 e. The summed E-state index contributed by atoms with van der Waals surface area (Å²) in [5.41, 5.74) is 4.83. The van der Waals surface area contributed by atoms with Gasteiger partial charge in [-0.2, -0.15) is 10.1 Å². The van der Waals surface area contributed by atoms with Crippen LogP contribution < -0.4 is 14.5 Å². The van der Waals surface area contributed by atoms with Crippen LogP contribution >= 0.6 is 0 Å². The second-order valence-corrected chi connectivity index (χ2v) is 7.90. The van der Waals surface area contributed by atoms with Gasteiger partial charge < -0.3 is 9.47 Å². The van der Waals surface area contributed by atoms with Gasteiger partial charge in [-0.3, -0.25) is 4.79 Å². The average Bonchev–Trinajstić information content (AvgIpc) is 3.13. The van der Waals surface area contributed by atoms with Crippen molar-refractivity contribution < 1.29 is 14.3 Å². The van der Waals surface area contributed by atoms with Crippen molar-refractivity contribution in [2.24, 2.45) is 5.10 Å². The lowest BCUT2D eigenvalue weighted by Crippen LogP contribution is -2.21. The Morgan fingerprint density at radius 3 is 2.38 bits per heavy atom. The largest absolute Gasteiger partial charge is 0.490 e. The highest BCUT2D eigenvalue weighted by atomic mass is 16.5. The van der Waals surface area contributed by atoms with Crippen LogP contribution in [0.4, 0.5) is 5.69 Å². The topological polar surface area (TPSA) is 51.1 Å². The lowest BCUT2D eigenvalue weighted by molar-refractivity contribution is -0.114. The first-order valence-electron chi connectivity index (χ1n) is 11.3. The standard InChI is InChI=1S/C29H28N2O3/c1-4-12-24-17-23(18-26-21(3)30-31(29(26)32)25-15-10-7-11-16-25)19-27(33-5-2)28(24)34-20-22-13-8-6-9-14-22/h4,6-11,13-19H,1,5,12,20H2,2-3H3. The van der Waals surface area contributed by atoms with Crippen LogP contribution in [0, 0.1) is 0 Å². The number of anilines is 1. The molecule has 3 aromatic carbocycles. The number of carbonyl (C=O) groups excluding carboxylic acids is 1. The first-order valence-corrected chi connectivity index (χ1v) is 11.3. The van der Waals surface area contributed by atoms with E-state index in [1.807, 2.05) is 98.8 Å². The van der Waals surface area contributed by atoms with Gasteiger partial charge in [0.1, 0.15) is 6.61 Å². The molecule has 0 aromatic heterocycles. The SMILES string of the molecule is C=CCc1cc(C=C2C(=O)N(c3ccccc3)N=C2C)cc(OCC)c1OCc1ccccc1. The molecular formula is C29H28N2O3. The number of para-hydroxylation sites is 1. The van der Waals surface area contributed by atoms with Gasteiger partial charge in [-0.15, -0.1) is 6.58 Å². The number of allylic oxidation sites excluding steroid dienone is 1. The minimum atomic E-state index is -0.156. The molecule has 0 saturated carbocycles. The molecule has 1 aliphatic rings. The van der Waals surface area contributed by atoms with E-state index >= 15 is 0 Å². The van der Waals surface area contributed by atoms with Gasteiger partial charge in [-0.25, -0.2) is 0 Å². The van der Waals surface area contributed by atoms with E-state index in [1.165, 1.54) is 5.01 Å². The summed E-state index contributed by atoms with van der Waals surface area (Å²) in [7, 11) is 0.